The maximum Gasteiger partial charge on any atom is 0.225 e. The molecule has 1 atom stereocenters. The molecule has 7 heteroatoms. The Kier molecular flexibility index (Phi) is 7.55. The smallest absolute Gasteiger partial charge is 0.225 e. The highest BCUT2D eigenvalue weighted by Gasteiger charge is 2.29. The van der Waals surface area contributed by atoms with Crippen molar-refractivity contribution >= 4 is 28.3 Å². The lowest BCUT2D eigenvalue weighted by atomic mass is 9.78. The molecule has 1 aromatic heterocycles. The summed E-state index contributed by atoms with van der Waals surface area (Å²) in [4.78, 5) is 23.7. The number of nitrogens with two attached hydrogens (primary N) is 1. The Balaban J connectivity index is 1.54. The Morgan fingerprint density at radius 3 is 2.57 bits per heavy atom. The molecule has 0 aliphatic heterocycles. The van der Waals surface area contributed by atoms with Crippen molar-refractivity contribution in [2.45, 2.75) is 58.4 Å². The van der Waals surface area contributed by atoms with E-state index in [1.54, 1.807) is 11.9 Å². The number of hydrogen-bond donors (Lipinski definition) is 3. The third-order valence-electron chi connectivity index (χ3n) is 7.17. The summed E-state index contributed by atoms with van der Waals surface area (Å²) in [5, 5.41) is 13.7. The van der Waals surface area contributed by atoms with Gasteiger partial charge < -0.3 is 21.1 Å². The van der Waals surface area contributed by atoms with E-state index in [0.717, 1.165) is 65.0 Å². The van der Waals surface area contributed by atoms with Crippen molar-refractivity contribution < 1.29 is 9.90 Å². The molecule has 4 rings (SSSR count). The number of fused-ring (bicyclic) bond motifs is 1. The fourth-order valence-corrected chi connectivity index (χ4v) is 5.25. The number of anilines is 2. The van der Waals surface area contributed by atoms with Crippen LogP contribution >= 0.6 is 0 Å². The first kappa shape index (κ1) is 24.9. The summed E-state index contributed by atoms with van der Waals surface area (Å²) in [7, 11) is 1.77. The quantitative estimate of drug-likeness (QED) is 0.427. The van der Waals surface area contributed by atoms with Crippen molar-refractivity contribution in [2.24, 2.45) is 5.92 Å². The molecule has 2 aromatic carbocycles. The van der Waals surface area contributed by atoms with Crippen LogP contribution in [0, 0.1) is 19.8 Å². The first-order chi connectivity index (χ1) is 16.7. The van der Waals surface area contributed by atoms with Gasteiger partial charge in [-0.05, 0) is 93.3 Å². The van der Waals surface area contributed by atoms with Gasteiger partial charge in [0.05, 0.1) is 18.2 Å². The lowest BCUT2D eigenvalue weighted by molar-refractivity contribution is -0.135. The van der Waals surface area contributed by atoms with E-state index in [-0.39, 0.29) is 24.5 Å². The van der Waals surface area contributed by atoms with E-state index in [2.05, 4.69) is 48.4 Å². The summed E-state index contributed by atoms with van der Waals surface area (Å²) in [5.74, 6) is 2.17. The Morgan fingerprint density at radius 2 is 1.89 bits per heavy atom. The Bertz CT molecular complexity index is 1180. The van der Waals surface area contributed by atoms with E-state index in [4.69, 9.17) is 15.8 Å². The molecular formula is C28H37N5O2. The molecular weight excluding hydrogens is 438 g/mol. The van der Waals surface area contributed by atoms with Gasteiger partial charge in [0.25, 0.3) is 0 Å². The number of nitrogens with one attached hydrogen (secondary N) is 1. The summed E-state index contributed by atoms with van der Waals surface area (Å²) in [5.41, 5.74) is 11.3. The lowest BCUT2D eigenvalue weighted by Gasteiger charge is -2.30. The molecule has 186 valence electrons. The van der Waals surface area contributed by atoms with Crippen LogP contribution in [0.4, 0.5) is 11.5 Å². The minimum Gasteiger partial charge on any atom is -0.399 e. The number of likely N-dealkylation sites (N-methyl/N-ethyl adjacent to an activating group) is 1. The third kappa shape index (κ3) is 5.73. The van der Waals surface area contributed by atoms with Gasteiger partial charge >= 0.3 is 0 Å². The van der Waals surface area contributed by atoms with Crippen molar-refractivity contribution in [1.82, 2.24) is 14.9 Å². The van der Waals surface area contributed by atoms with Gasteiger partial charge in [-0.2, -0.15) is 0 Å². The maximum absolute atomic E-state index is 12.6. The molecule has 0 spiro atoms. The van der Waals surface area contributed by atoms with E-state index in [1.165, 1.54) is 5.56 Å². The summed E-state index contributed by atoms with van der Waals surface area (Å²) in [6.07, 6.45) is 3.70. The van der Waals surface area contributed by atoms with E-state index in [9.17, 15) is 4.79 Å². The van der Waals surface area contributed by atoms with Crippen LogP contribution in [0.15, 0.2) is 36.4 Å². The molecule has 0 saturated heterocycles. The second kappa shape index (κ2) is 10.6. The lowest BCUT2D eigenvalue weighted by Crippen LogP contribution is -2.36. The molecule has 7 nitrogen and oxygen atoms in total. The highest BCUT2D eigenvalue weighted by atomic mass is 16.3. The number of nitrogen functional groups attached to an aromatic ring is 1. The zero-order valence-electron chi connectivity index (χ0n) is 21.2. The van der Waals surface area contributed by atoms with Gasteiger partial charge in [0.2, 0.25) is 5.91 Å². The van der Waals surface area contributed by atoms with E-state index >= 15 is 0 Å². The SMILES string of the molecule is Cc1cc(N)cc([C@H](C)Nc2nc(C)nc3ccc(C4CCC(C(=O)N(C)CCO)CC4)cc23)c1. The molecule has 1 fully saturated rings. The molecule has 1 amide bonds. The minimum absolute atomic E-state index is 0.00245. The number of aliphatic hydroxyl groups is 1. The van der Waals surface area contributed by atoms with E-state index in [1.807, 2.05) is 19.1 Å². The van der Waals surface area contributed by atoms with Crippen molar-refractivity contribution in [3.8, 4) is 0 Å². The molecule has 3 aromatic rings. The van der Waals surface area contributed by atoms with Crippen LogP contribution in [0.1, 0.15) is 67.1 Å². The fourth-order valence-electron chi connectivity index (χ4n) is 5.25. The van der Waals surface area contributed by atoms with Crippen LogP contribution in [0.5, 0.6) is 0 Å². The average molecular weight is 476 g/mol. The van der Waals surface area contributed by atoms with E-state index < -0.39 is 0 Å². The van der Waals surface area contributed by atoms with Crippen LogP contribution in [0.25, 0.3) is 10.9 Å². The molecule has 0 radical (unpaired) electrons. The number of carbonyl (C=O) groups is 1. The second-order valence-corrected chi connectivity index (χ2v) is 9.97. The number of aromatic nitrogens is 2. The highest BCUT2D eigenvalue weighted by molar-refractivity contribution is 5.90. The first-order valence-corrected chi connectivity index (χ1v) is 12.5. The number of nitrogens with zero attached hydrogens (tertiary/aromatic N) is 3. The fraction of sp³-hybridized carbons (Fsp3) is 0.464. The molecule has 1 aliphatic carbocycles. The summed E-state index contributed by atoms with van der Waals surface area (Å²) >= 11 is 0. The molecule has 1 aliphatic rings. The second-order valence-electron chi connectivity index (χ2n) is 9.97. The molecule has 1 heterocycles. The monoisotopic (exact) mass is 475 g/mol. The van der Waals surface area contributed by atoms with Crippen molar-refractivity contribution in [1.29, 1.82) is 0 Å². The standard InChI is InChI=1S/C28H37N5O2/c1-17-13-23(15-24(29)14-17)18(2)30-27-25-16-22(9-10-26(25)31-19(3)32-27)20-5-7-21(8-6-20)28(35)33(4)11-12-34/h9-10,13-16,18,20-21,34H,5-8,11-12,29H2,1-4H3,(H,30,31,32)/t18-,20?,21?/m0/s1. The number of aryl methyl sites for hydroxylation is 2. The molecule has 35 heavy (non-hydrogen) atoms. The number of rotatable bonds is 7. The van der Waals surface area contributed by atoms with Gasteiger partial charge in [-0.25, -0.2) is 9.97 Å². The Morgan fingerprint density at radius 1 is 1.14 bits per heavy atom. The minimum atomic E-state index is 0.00245. The van der Waals surface area contributed by atoms with Crippen LogP contribution in [0.2, 0.25) is 0 Å². The summed E-state index contributed by atoms with van der Waals surface area (Å²) in [6, 6.07) is 12.6. The van der Waals surface area contributed by atoms with Gasteiger partial charge in [0, 0.05) is 30.6 Å². The summed E-state index contributed by atoms with van der Waals surface area (Å²) in [6.45, 7) is 6.48. The normalized spacial score (nSPS) is 18.9. The molecule has 0 unspecified atom stereocenters. The van der Waals surface area contributed by atoms with Crippen LogP contribution in [-0.2, 0) is 4.79 Å². The molecule has 4 N–H and O–H groups in total. The van der Waals surface area contributed by atoms with Gasteiger partial charge in [0.15, 0.2) is 0 Å². The van der Waals surface area contributed by atoms with Gasteiger partial charge in [-0.15, -0.1) is 0 Å². The molecule has 0 bridgehead atoms. The summed E-state index contributed by atoms with van der Waals surface area (Å²) < 4.78 is 0. The Hall–Kier alpha value is -3.19. The average Bonchev–Trinajstić information content (AvgIpc) is 2.83. The van der Waals surface area contributed by atoms with Crippen LogP contribution in [0.3, 0.4) is 0 Å². The van der Waals surface area contributed by atoms with Crippen molar-refractivity contribution in [2.75, 3.05) is 31.2 Å². The number of amides is 1. The number of hydrogen-bond acceptors (Lipinski definition) is 6. The predicted molar refractivity (Wildman–Crippen MR) is 141 cm³/mol. The Labute approximate surface area is 207 Å². The number of benzene rings is 2. The number of carbonyl (C=O) groups excluding carboxylic acids is 1. The van der Waals surface area contributed by atoms with Gasteiger partial charge in [-0.3, -0.25) is 4.79 Å². The predicted octanol–water partition coefficient (Wildman–Crippen LogP) is 4.73. The van der Waals surface area contributed by atoms with Crippen molar-refractivity contribution in [3.63, 3.8) is 0 Å². The van der Waals surface area contributed by atoms with Crippen LogP contribution < -0.4 is 11.1 Å². The van der Waals surface area contributed by atoms with Crippen molar-refractivity contribution in [3.05, 3.63) is 58.9 Å². The van der Waals surface area contributed by atoms with Crippen LogP contribution in [-0.4, -0.2) is 46.1 Å². The number of aliphatic hydroxyl groups excluding tert-OH is 1. The van der Waals surface area contributed by atoms with Gasteiger partial charge in [0.1, 0.15) is 11.6 Å². The van der Waals surface area contributed by atoms with Gasteiger partial charge in [-0.1, -0.05) is 12.1 Å². The maximum atomic E-state index is 12.6. The first-order valence-electron chi connectivity index (χ1n) is 12.5. The zero-order chi connectivity index (χ0) is 25.1. The largest absolute Gasteiger partial charge is 0.399 e. The topological polar surface area (TPSA) is 104 Å². The zero-order valence-corrected chi connectivity index (χ0v) is 21.2. The highest BCUT2D eigenvalue weighted by Crippen LogP contribution is 2.38. The molecule has 1 saturated carbocycles. The van der Waals surface area contributed by atoms with E-state index in [0.29, 0.717) is 12.5 Å². The third-order valence-corrected chi connectivity index (χ3v) is 7.17.